The van der Waals surface area contributed by atoms with Crippen molar-refractivity contribution in [2.24, 2.45) is 0 Å². The van der Waals surface area contributed by atoms with E-state index in [1.165, 1.54) is 0 Å². The maximum absolute atomic E-state index is 12.5. The second-order valence-corrected chi connectivity index (χ2v) is 6.44. The largest absolute Gasteiger partial charge is 0.497 e. The number of methoxy groups -OCH3 is 1. The highest BCUT2D eigenvalue weighted by atomic mass is 16.6. The van der Waals surface area contributed by atoms with Crippen LogP contribution in [0.5, 0.6) is 5.75 Å². The second kappa shape index (κ2) is 9.23. The molecule has 29 heavy (non-hydrogen) atoms. The summed E-state index contributed by atoms with van der Waals surface area (Å²) in [6.45, 7) is 7.71. The molecule has 0 bridgehead atoms. The molecule has 1 atom stereocenters. The number of anilines is 1. The molecule has 0 aliphatic carbocycles. The average Bonchev–Trinajstić information content (AvgIpc) is 3.25. The fourth-order valence-corrected chi connectivity index (χ4v) is 2.93. The van der Waals surface area contributed by atoms with E-state index < -0.39 is 12.1 Å². The van der Waals surface area contributed by atoms with Gasteiger partial charge in [-0.25, -0.2) is 4.79 Å². The minimum absolute atomic E-state index is 0.240. The molecule has 0 aliphatic rings. The Morgan fingerprint density at radius 2 is 1.69 bits per heavy atom. The number of carbonyl (C=O) groups is 1. The van der Waals surface area contributed by atoms with Gasteiger partial charge in [0.2, 0.25) is 5.89 Å². The molecule has 3 aromatic rings. The number of ether oxygens (including phenoxy) is 2. The van der Waals surface area contributed by atoms with Crippen LogP contribution in [-0.4, -0.2) is 36.4 Å². The third-order valence-corrected chi connectivity index (χ3v) is 4.64. The van der Waals surface area contributed by atoms with E-state index in [1.54, 1.807) is 26.2 Å². The third-order valence-electron chi connectivity index (χ3n) is 4.64. The van der Waals surface area contributed by atoms with Crippen molar-refractivity contribution in [2.45, 2.75) is 26.9 Å². The quantitative estimate of drug-likeness (QED) is 0.519. The predicted molar refractivity (Wildman–Crippen MR) is 110 cm³/mol. The molecular weight excluding hydrogens is 370 g/mol. The van der Waals surface area contributed by atoms with Crippen molar-refractivity contribution in [3.63, 3.8) is 0 Å². The number of esters is 1. The molecule has 0 unspecified atom stereocenters. The molecule has 1 heterocycles. The standard InChI is InChI=1S/C22H25N3O4/c1-5-25(6-2)18-11-7-17(8-12-18)22(26)28-15(3)20-23-24-21(29-20)16-9-13-19(27-4)14-10-16/h7-15H,5-6H2,1-4H3/t15-/m0/s1. The molecule has 0 saturated carbocycles. The first kappa shape index (κ1) is 20.4. The predicted octanol–water partition coefficient (Wildman–Crippen LogP) is 4.51. The van der Waals surface area contributed by atoms with E-state index in [1.807, 2.05) is 36.4 Å². The van der Waals surface area contributed by atoms with Crippen LogP contribution in [0.25, 0.3) is 11.5 Å². The molecule has 0 saturated heterocycles. The molecule has 7 heteroatoms. The van der Waals surface area contributed by atoms with Gasteiger partial charge in [0, 0.05) is 24.3 Å². The van der Waals surface area contributed by atoms with E-state index >= 15 is 0 Å². The highest BCUT2D eigenvalue weighted by Crippen LogP contribution is 2.25. The molecular formula is C22H25N3O4. The summed E-state index contributed by atoms with van der Waals surface area (Å²) in [4.78, 5) is 14.7. The molecule has 1 aromatic heterocycles. The fraction of sp³-hybridized carbons (Fsp3) is 0.318. The van der Waals surface area contributed by atoms with E-state index in [0.29, 0.717) is 11.5 Å². The van der Waals surface area contributed by atoms with Crippen molar-refractivity contribution in [2.75, 3.05) is 25.1 Å². The Kier molecular flexibility index (Phi) is 6.49. The fourth-order valence-electron chi connectivity index (χ4n) is 2.93. The van der Waals surface area contributed by atoms with Gasteiger partial charge in [-0.3, -0.25) is 0 Å². The number of aromatic nitrogens is 2. The molecule has 3 rings (SSSR count). The molecule has 2 aromatic carbocycles. The Morgan fingerprint density at radius 1 is 1.03 bits per heavy atom. The lowest BCUT2D eigenvalue weighted by molar-refractivity contribution is 0.0280. The van der Waals surface area contributed by atoms with Gasteiger partial charge in [-0.2, -0.15) is 0 Å². The van der Waals surface area contributed by atoms with E-state index in [-0.39, 0.29) is 5.89 Å². The maximum Gasteiger partial charge on any atom is 0.338 e. The lowest BCUT2D eigenvalue weighted by Gasteiger charge is -2.21. The van der Waals surface area contributed by atoms with Crippen LogP contribution in [0, 0.1) is 0 Å². The topological polar surface area (TPSA) is 77.7 Å². The summed E-state index contributed by atoms with van der Waals surface area (Å²) in [7, 11) is 1.60. The van der Waals surface area contributed by atoms with E-state index in [0.717, 1.165) is 30.1 Å². The lowest BCUT2D eigenvalue weighted by atomic mass is 10.2. The van der Waals surface area contributed by atoms with E-state index in [9.17, 15) is 4.79 Å². The molecule has 0 radical (unpaired) electrons. The SMILES string of the molecule is CCN(CC)c1ccc(C(=O)O[C@@H](C)c2nnc(-c3ccc(OC)cc3)o2)cc1. The zero-order chi connectivity index (χ0) is 20.8. The summed E-state index contributed by atoms with van der Waals surface area (Å²) < 4.78 is 16.3. The highest BCUT2D eigenvalue weighted by Gasteiger charge is 2.20. The summed E-state index contributed by atoms with van der Waals surface area (Å²) in [6.07, 6.45) is -0.663. The van der Waals surface area contributed by atoms with Crippen molar-refractivity contribution in [3.8, 4) is 17.2 Å². The zero-order valence-electron chi connectivity index (χ0n) is 17.1. The van der Waals surface area contributed by atoms with Crippen LogP contribution in [0.2, 0.25) is 0 Å². The van der Waals surface area contributed by atoms with Gasteiger partial charge >= 0.3 is 5.97 Å². The first-order valence-corrected chi connectivity index (χ1v) is 9.59. The molecule has 0 fully saturated rings. The minimum Gasteiger partial charge on any atom is -0.497 e. The summed E-state index contributed by atoms with van der Waals surface area (Å²) in [6, 6.07) is 14.6. The molecule has 152 valence electrons. The number of hydrogen-bond acceptors (Lipinski definition) is 7. The molecule has 0 aliphatic heterocycles. The van der Waals surface area contributed by atoms with Crippen molar-refractivity contribution in [3.05, 3.63) is 60.0 Å². The van der Waals surface area contributed by atoms with Crippen molar-refractivity contribution in [1.82, 2.24) is 10.2 Å². The van der Waals surface area contributed by atoms with Crippen molar-refractivity contribution >= 4 is 11.7 Å². The molecule has 0 amide bonds. The number of rotatable bonds is 8. The Labute approximate surface area is 170 Å². The normalized spacial score (nSPS) is 11.7. The molecule has 0 N–H and O–H groups in total. The summed E-state index contributed by atoms with van der Waals surface area (Å²) >= 11 is 0. The van der Waals surface area contributed by atoms with Crippen LogP contribution in [-0.2, 0) is 4.74 Å². The van der Waals surface area contributed by atoms with Gasteiger partial charge in [-0.15, -0.1) is 10.2 Å². The van der Waals surface area contributed by atoms with Crippen LogP contribution in [0.15, 0.2) is 52.9 Å². The van der Waals surface area contributed by atoms with Gasteiger partial charge in [0.1, 0.15) is 5.75 Å². The van der Waals surface area contributed by atoms with Gasteiger partial charge in [0.25, 0.3) is 5.89 Å². The van der Waals surface area contributed by atoms with Gasteiger partial charge < -0.3 is 18.8 Å². The molecule has 0 spiro atoms. The monoisotopic (exact) mass is 395 g/mol. The summed E-state index contributed by atoms with van der Waals surface area (Å²) in [5, 5.41) is 8.05. The van der Waals surface area contributed by atoms with Crippen LogP contribution in [0.1, 0.15) is 43.1 Å². The lowest BCUT2D eigenvalue weighted by Crippen LogP contribution is -2.21. The van der Waals surface area contributed by atoms with Gasteiger partial charge in [0.15, 0.2) is 6.10 Å². The van der Waals surface area contributed by atoms with Crippen LogP contribution < -0.4 is 9.64 Å². The van der Waals surface area contributed by atoms with Gasteiger partial charge in [0.05, 0.1) is 12.7 Å². The highest BCUT2D eigenvalue weighted by molar-refractivity contribution is 5.90. The molecule has 7 nitrogen and oxygen atoms in total. The van der Waals surface area contributed by atoms with Gasteiger partial charge in [-0.05, 0) is 69.3 Å². The van der Waals surface area contributed by atoms with Crippen LogP contribution in [0.4, 0.5) is 5.69 Å². The van der Waals surface area contributed by atoms with Crippen LogP contribution in [0.3, 0.4) is 0 Å². The number of hydrogen-bond donors (Lipinski definition) is 0. The Morgan fingerprint density at radius 3 is 2.28 bits per heavy atom. The van der Waals surface area contributed by atoms with Crippen molar-refractivity contribution < 1.29 is 18.7 Å². The Bertz CT molecular complexity index is 931. The number of carbonyl (C=O) groups excluding carboxylic acids is 1. The van der Waals surface area contributed by atoms with Crippen LogP contribution >= 0.6 is 0 Å². The van der Waals surface area contributed by atoms with Crippen molar-refractivity contribution in [1.29, 1.82) is 0 Å². The second-order valence-electron chi connectivity index (χ2n) is 6.44. The maximum atomic E-state index is 12.5. The minimum atomic E-state index is -0.663. The summed E-state index contributed by atoms with van der Waals surface area (Å²) in [5.41, 5.74) is 2.30. The Hall–Kier alpha value is -3.35. The first-order chi connectivity index (χ1) is 14.0. The number of benzene rings is 2. The smallest absolute Gasteiger partial charge is 0.338 e. The Balaban J connectivity index is 1.66. The third kappa shape index (κ3) is 4.74. The number of nitrogens with zero attached hydrogens (tertiary/aromatic N) is 3. The average molecular weight is 395 g/mol. The first-order valence-electron chi connectivity index (χ1n) is 9.59. The summed E-state index contributed by atoms with van der Waals surface area (Å²) in [5.74, 6) is 0.897. The van der Waals surface area contributed by atoms with E-state index in [4.69, 9.17) is 13.9 Å². The zero-order valence-corrected chi connectivity index (χ0v) is 17.1. The van der Waals surface area contributed by atoms with Gasteiger partial charge in [-0.1, -0.05) is 0 Å². The van der Waals surface area contributed by atoms with E-state index in [2.05, 4.69) is 28.9 Å².